The van der Waals surface area contributed by atoms with Crippen LogP contribution >= 0.6 is 0 Å². The second-order valence-electron chi connectivity index (χ2n) is 7.64. The third-order valence-corrected chi connectivity index (χ3v) is 4.48. The van der Waals surface area contributed by atoms with Crippen LogP contribution in [0.4, 0.5) is 0 Å². The van der Waals surface area contributed by atoms with Gasteiger partial charge in [0.05, 0.1) is 11.1 Å². The van der Waals surface area contributed by atoms with Gasteiger partial charge >= 0.3 is 41.5 Å². The van der Waals surface area contributed by atoms with Gasteiger partial charge in [-0.2, -0.15) is 8.42 Å². The predicted octanol–water partition coefficient (Wildman–Crippen LogP) is 2.28. The molecule has 0 amide bonds. The van der Waals surface area contributed by atoms with Crippen LogP contribution in [0, 0.1) is 0 Å². The first-order chi connectivity index (χ1) is 10.5. The summed E-state index contributed by atoms with van der Waals surface area (Å²) in [6, 6.07) is 1.02. The molecule has 0 aliphatic carbocycles. The van der Waals surface area contributed by atoms with Crippen LogP contribution in [0.3, 0.4) is 0 Å². The van der Waals surface area contributed by atoms with Crippen molar-refractivity contribution in [3.8, 4) is 0 Å². The second-order valence-corrected chi connectivity index (χ2v) is 8.99. The molecule has 0 unspecified atom stereocenters. The van der Waals surface area contributed by atoms with E-state index in [0.717, 1.165) is 6.07 Å². The zero-order chi connectivity index (χ0) is 19.2. The predicted molar refractivity (Wildman–Crippen MR) is 94.7 cm³/mol. The Hall–Kier alpha value is -0.930. The van der Waals surface area contributed by atoms with Gasteiger partial charge in [-0.15, -0.1) is 0 Å². The normalized spacial score (nSPS) is 12.4. The first-order valence-corrected chi connectivity index (χ1v) is 8.59. The topological polar surface area (TPSA) is 129 Å². The monoisotopic (exact) mass is 382 g/mol. The summed E-state index contributed by atoms with van der Waals surface area (Å²) in [6.45, 7) is 9.75. The number of carboxylic acid groups (broad SMARTS) is 2. The van der Waals surface area contributed by atoms with E-state index in [1.807, 2.05) is 0 Å². The van der Waals surface area contributed by atoms with Gasteiger partial charge in [0.25, 0.3) is 10.1 Å². The Bertz CT molecular complexity index is 812. The molecule has 0 saturated carbocycles. The maximum absolute atomic E-state index is 11.9. The quantitative estimate of drug-likeness (QED) is 0.540. The number of hydrogen-bond donors (Lipinski definition) is 3. The van der Waals surface area contributed by atoms with Crippen molar-refractivity contribution in [3.63, 3.8) is 0 Å². The van der Waals surface area contributed by atoms with Crippen molar-refractivity contribution in [3.05, 3.63) is 28.3 Å². The molecule has 9 heteroatoms. The van der Waals surface area contributed by atoms with Gasteiger partial charge in [0, 0.05) is 0 Å². The van der Waals surface area contributed by atoms with Crippen molar-refractivity contribution in [2.24, 2.45) is 0 Å². The fraction of sp³-hybridized carbons (Fsp3) is 0.500. The Balaban J connectivity index is 0.00000576. The van der Waals surface area contributed by atoms with Crippen LogP contribution in [0.1, 0.15) is 73.4 Å². The molecule has 0 radical (unpaired) electrons. The Labute approximate surface area is 169 Å². The van der Waals surface area contributed by atoms with Gasteiger partial charge in [-0.1, -0.05) is 41.5 Å². The first-order valence-electron chi connectivity index (χ1n) is 7.15. The molecular formula is C16H23NaO7S. The number of benzene rings is 1. The van der Waals surface area contributed by atoms with Gasteiger partial charge in [-0.05, 0) is 28.0 Å². The molecule has 136 valence electrons. The van der Waals surface area contributed by atoms with Crippen LogP contribution in [-0.4, -0.2) is 64.7 Å². The molecule has 0 aliphatic heterocycles. The van der Waals surface area contributed by atoms with Crippen LogP contribution in [0.15, 0.2) is 11.0 Å². The molecule has 0 saturated heterocycles. The summed E-state index contributed by atoms with van der Waals surface area (Å²) in [7, 11) is -4.95. The van der Waals surface area contributed by atoms with Gasteiger partial charge in [0.1, 0.15) is 4.90 Å². The molecule has 1 rings (SSSR count). The minimum atomic E-state index is -4.95. The van der Waals surface area contributed by atoms with Gasteiger partial charge < -0.3 is 10.2 Å². The summed E-state index contributed by atoms with van der Waals surface area (Å²) in [5, 5.41) is 19.1. The van der Waals surface area contributed by atoms with Gasteiger partial charge in [0.2, 0.25) is 0 Å². The van der Waals surface area contributed by atoms with E-state index in [1.165, 1.54) is 0 Å². The van der Waals surface area contributed by atoms with E-state index in [0.29, 0.717) is 0 Å². The zero-order valence-corrected chi connectivity index (χ0v) is 15.3. The summed E-state index contributed by atoms with van der Waals surface area (Å²) < 4.78 is 33.3. The molecule has 0 atom stereocenters. The molecule has 0 bridgehead atoms. The van der Waals surface area contributed by atoms with Crippen molar-refractivity contribution in [1.29, 1.82) is 0 Å². The molecule has 7 nitrogen and oxygen atoms in total. The SMILES string of the molecule is CC(C)(C)c1cc(C(=O)O)c(S(=O)(=O)O)c(C(C)(C)C)c1C(=O)O.[NaH]. The standard InChI is InChI=1S/C16H22O7S.Na.H/c1-15(2,3)9-7-8(13(17)18)12(24(21,22)23)11(16(4,5)6)10(9)14(19)20;;/h7H,1-6H3,(H,17,18)(H,19,20)(H,21,22,23);;. The summed E-state index contributed by atoms with van der Waals surface area (Å²) in [5.74, 6) is -2.94. The molecule has 0 spiro atoms. The molecule has 3 N–H and O–H groups in total. The fourth-order valence-electron chi connectivity index (χ4n) is 2.62. The average Bonchev–Trinajstić information content (AvgIpc) is 2.32. The molecule has 0 fully saturated rings. The van der Waals surface area contributed by atoms with E-state index in [4.69, 9.17) is 0 Å². The summed E-state index contributed by atoms with van der Waals surface area (Å²) in [6.07, 6.45) is 0. The van der Waals surface area contributed by atoms with Gasteiger partial charge in [0.15, 0.2) is 0 Å². The van der Waals surface area contributed by atoms with Crippen LogP contribution < -0.4 is 0 Å². The van der Waals surface area contributed by atoms with Crippen molar-refractivity contribution in [2.45, 2.75) is 57.3 Å². The average molecular weight is 382 g/mol. The van der Waals surface area contributed by atoms with E-state index in [9.17, 15) is 32.8 Å². The third kappa shape index (κ3) is 5.04. The number of hydrogen-bond acceptors (Lipinski definition) is 4. The zero-order valence-electron chi connectivity index (χ0n) is 14.5. The van der Waals surface area contributed by atoms with Crippen molar-refractivity contribution in [1.82, 2.24) is 0 Å². The summed E-state index contributed by atoms with van der Waals surface area (Å²) >= 11 is 0. The number of carbonyl (C=O) groups is 2. The summed E-state index contributed by atoms with van der Waals surface area (Å²) in [4.78, 5) is 22.6. The summed E-state index contributed by atoms with van der Waals surface area (Å²) in [5.41, 5.74) is -2.77. The molecular weight excluding hydrogens is 359 g/mol. The van der Waals surface area contributed by atoms with Crippen molar-refractivity contribution < 1.29 is 32.8 Å². The molecule has 1 aromatic carbocycles. The fourth-order valence-corrected chi connectivity index (χ4v) is 3.71. The first kappa shape index (κ1) is 24.1. The Morgan fingerprint density at radius 1 is 0.920 bits per heavy atom. The Kier molecular flexibility index (Phi) is 7.09. The maximum atomic E-state index is 11.9. The minimum absolute atomic E-state index is 0. The van der Waals surface area contributed by atoms with Crippen LogP contribution in [0.5, 0.6) is 0 Å². The molecule has 0 aliphatic rings. The third-order valence-electron chi connectivity index (χ3n) is 3.54. The molecule has 25 heavy (non-hydrogen) atoms. The van der Waals surface area contributed by atoms with Crippen LogP contribution in [0.2, 0.25) is 0 Å². The molecule has 0 aromatic heterocycles. The van der Waals surface area contributed by atoms with Gasteiger partial charge in [-0.3, -0.25) is 4.55 Å². The van der Waals surface area contributed by atoms with Crippen molar-refractivity contribution >= 4 is 51.6 Å². The number of aromatic carboxylic acids is 2. The Morgan fingerprint density at radius 2 is 1.36 bits per heavy atom. The van der Waals surface area contributed by atoms with Crippen LogP contribution in [-0.2, 0) is 20.9 Å². The van der Waals surface area contributed by atoms with Crippen molar-refractivity contribution in [2.75, 3.05) is 0 Å². The molecule has 0 heterocycles. The van der Waals surface area contributed by atoms with E-state index >= 15 is 0 Å². The van der Waals surface area contributed by atoms with E-state index in [1.54, 1.807) is 41.5 Å². The second kappa shape index (κ2) is 7.36. The van der Waals surface area contributed by atoms with E-state index in [2.05, 4.69) is 0 Å². The van der Waals surface area contributed by atoms with Crippen LogP contribution in [0.25, 0.3) is 0 Å². The van der Waals surface area contributed by atoms with E-state index < -0.39 is 43.3 Å². The number of rotatable bonds is 3. The molecule has 1 aromatic rings. The Morgan fingerprint density at radius 3 is 1.60 bits per heavy atom. The van der Waals surface area contributed by atoms with E-state index in [-0.39, 0.29) is 46.2 Å². The number of carboxylic acids is 2. The van der Waals surface area contributed by atoms with Gasteiger partial charge in [-0.25, -0.2) is 9.59 Å².